The Morgan fingerprint density at radius 3 is 2.68 bits per heavy atom. The van der Waals surface area contributed by atoms with Crippen molar-refractivity contribution in [3.8, 4) is 11.3 Å². The summed E-state index contributed by atoms with van der Waals surface area (Å²) in [6.45, 7) is 5.77. The summed E-state index contributed by atoms with van der Waals surface area (Å²) in [5.41, 5.74) is 2.89. The van der Waals surface area contributed by atoms with Gasteiger partial charge < -0.3 is 10.6 Å². The standard InChI is InChI=1S/C17H23N3OS/c1-3-4-10-18-11-9-17-20-16(12-22-17)14-5-7-15(8-6-14)19-13(2)21/h5-8,12,18H,3-4,9-11H2,1-2H3,(H,19,21). The molecule has 22 heavy (non-hydrogen) atoms. The Hall–Kier alpha value is -1.72. The zero-order valence-corrected chi connectivity index (χ0v) is 14.0. The average Bonchev–Trinajstić information content (AvgIpc) is 2.96. The summed E-state index contributed by atoms with van der Waals surface area (Å²) in [7, 11) is 0. The first-order valence-electron chi connectivity index (χ1n) is 7.72. The highest BCUT2D eigenvalue weighted by atomic mass is 32.1. The van der Waals surface area contributed by atoms with Gasteiger partial charge in [-0.3, -0.25) is 4.79 Å². The molecule has 0 radical (unpaired) electrons. The van der Waals surface area contributed by atoms with Crippen molar-refractivity contribution in [1.82, 2.24) is 10.3 Å². The average molecular weight is 317 g/mol. The summed E-state index contributed by atoms with van der Waals surface area (Å²) < 4.78 is 0. The van der Waals surface area contributed by atoms with Gasteiger partial charge in [-0.15, -0.1) is 11.3 Å². The van der Waals surface area contributed by atoms with Crippen molar-refractivity contribution >= 4 is 22.9 Å². The first-order chi connectivity index (χ1) is 10.7. The van der Waals surface area contributed by atoms with Crippen molar-refractivity contribution in [2.75, 3.05) is 18.4 Å². The first kappa shape index (κ1) is 16.6. The van der Waals surface area contributed by atoms with Crippen LogP contribution in [0.4, 0.5) is 5.69 Å². The van der Waals surface area contributed by atoms with Crippen LogP contribution in [-0.4, -0.2) is 24.0 Å². The van der Waals surface area contributed by atoms with Gasteiger partial charge in [0.1, 0.15) is 0 Å². The Balaban J connectivity index is 1.89. The number of amides is 1. The van der Waals surface area contributed by atoms with Crippen LogP contribution in [0.15, 0.2) is 29.6 Å². The number of nitrogens with one attached hydrogen (secondary N) is 2. The topological polar surface area (TPSA) is 54.0 Å². The third kappa shape index (κ3) is 5.24. The zero-order chi connectivity index (χ0) is 15.8. The lowest BCUT2D eigenvalue weighted by molar-refractivity contribution is -0.114. The normalized spacial score (nSPS) is 10.6. The van der Waals surface area contributed by atoms with E-state index in [4.69, 9.17) is 0 Å². The highest BCUT2D eigenvalue weighted by Gasteiger charge is 2.05. The number of rotatable bonds is 8. The molecule has 0 atom stereocenters. The lowest BCUT2D eigenvalue weighted by Gasteiger charge is -2.03. The van der Waals surface area contributed by atoms with Gasteiger partial charge in [0.2, 0.25) is 5.91 Å². The molecule has 1 aromatic heterocycles. The Bertz CT molecular complexity index is 592. The fourth-order valence-corrected chi connectivity index (χ4v) is 2.92. The van der Waals surface area contributed by atoms with E-state index >= 15 is 0 Å². The maximum atomic E-state index is 11.0. The number of nitrogens with zero attached hydrogens (tertiary/aromatic N) is 1. The Labute approximate surface area is 136 Å². The number of hydrogen-bond acceptors (Lipinski definition) is 4. The number of hydrogen-bond donors (Lipinski definition) is 2. The van der Waals surface area contributed by atoms with Crippen LogP contribution < -0.4 is 10.6 Å². The molecule has 1 heterocycles. The molecule has 0 aliphatic heterocycles. The van der Waals surface area contributed by atoms with Gasteiger partial charge in [0.05, 0.1) is 10.7 Å². The smallest absolute Gasteiger partial charge is 0.221 e. The summed E-state index contributed by atoms with van der Waals surface area (Å²) in [5, 5.41) is 9.45. The van der Waals surface area contributed by atoms with E-state index in [1.54, 1.807) is 11.3 Å². The molecule has 0 unspecified atom stereocenters. The van der Waals surface area contributed by atoms with Gasteiger partial charge in [0.25, 0.3) is 0 Å². The van der Waals surface area contributed by atoms with Crippen molar-refractivity contribution in [2.45, 2.75) is 33.1 Å². The molecule has 0 saturated heterocycles. The Morgan fingerprint density at radius 1 is 1.23 bits per heavy atom. The van der Waals surface area contributed by atoms with E-state index in [1.807, 2.05) is 24.3 Å². The predicted molar refractivity (Wildman–Crippen MR) is 93.3 cm³/mol. The van der Waals surface area contributed by atoms with Crippen molar-refractivity contribution in [3.05, 3.63) is 34.7 Å². The largest absolute Gasteiger partial charge is 0.326 e. The summed E-state index contributed by atoms with van der Waals surface area (Å²) in [6.07, 6.45) is 3.42. The molecular weight excluding hydrogens is 294 g/mol. The van der Waals surface area contributed by atoms with Crippen LogP contribution >= 0.6 is 11.3 Å². The maximum absolute atomic E-state index is 11.0. The van der Waals surface area contributed by atoms with Crippen molar-refractivity contribution in [3.63, 3.8) is 0 Å². The highest BCUT2D eigenvalue weighted by molar-refractivity contribution is 7.09. The number of carbonyl (C=O) groups is 1. The molecule has 5 heteroatoms. The molecule has 4 nitrogen and oxygen atoms in total. The van der Waals surface area contributed by atoms with E-state index in [-0.39, 0.29) is 5.91 Å². The predicted octanol–water partition coefficient (Wildman–Crippen LogP) is 3.70. The maximum Gasteiger partial charge on any atom is 0.221 e. The molecular formula is C17H23N3OS. The van der Waals surface area contributed by atoms with Crippen LogP contribution in [0.1, 0.15) is 31.7 Å². The van der Waals surface area contributed by atoms with Crippen molar-refractivity contribution in [2.24, 2.45) is 0 Å². The van der Waals surface area contributed by atoms with Gasteiger partial charge in [0, 0.05) is 36.5 Å². The monoisotopic (exact) mass is 317 g/mol. The van der Waals surface area contributed by atoms with Gasteiger partial charge in [-0.1, -0.05) is 25.5 Å². The quantitative estimate of drug-likeness (QED) is 0.730. The first-order valence-corrected chi connectivity index (χ1v) is 8.60. The van der Waals surface area contributed by atoms with E-state index in [0.717, 1.165) is 41.5 Å². The van der Waals surface area contributed by atoms with E-state index in [0.29, 0.717) is 0 Å². The fourth-order valence-electron chi connectivity index (χ4n) is 2.11. The molecule has 0 fully saturated rings. The summed E-state index contributed by atoms with van der Waals surface area (Å²) in [4.78, 5) is 15.7. The minimum Gasteiger partial charge on any atom is -0.326 e. The van der Waals surface area contributed by atoms with Gasteiger partial charge in [-0.2, -0.15) is 0 Å². The van der Waals surface area contributed by atoms with Gasteiger partial charge >= 0.3 is 0 Å². The minimum absolute atomic E-state index is 0.0562. The summed E-state index contributed by atoms with van der Waals surface area (Å²) in [5.74, 6) is -0.0562. The Morgan fingerprint density at radius 2 is 2.00 bits per heavy atom. The van der Waals surface area contributed by atoms with Crippen LogP contribution in [0.5, 0.6) is 0 Å². The van der Waals surface area contributed by atoms with E-state index in [2.05, 4.69) is 27.9 Å². The summed E-state index contributed by atoms with van der Waals surface area (Å²) >= 11 is 1.70. The van der Waals surface area contributed by atoms with E-state index < -0.39 is 0 Å². The van der Waals surface area contributed by atoms with Crippen LogP contribution in [0.2, 0.25) is 0 Å². The Kier molecular flexibility index (Phi) is 6.55. The molecule has 0 aliphatic rings. The molecule has 0 aliphatic carbocycles. The highest BCUT2D eigenvalue weighted by Crippen LogP contribution is 2.23. The molecule has 1 aromatic carbocycles. The molecule has 1 amide bonds. The molecule has 2 aromatic rings. The fraction of sp³-hybridized carbons (Fsp3) is 0.412. The molecule has 2 rings (SSSR count). The molecule has 0 saturated carbocycles. The zero-order valence-electron chi connectivity index (χ0n) is 13.2. The third-order valence-electron chi connectivity index (χ3n) is 3.28. The minimum atomic E-state index is -0.0562. The SMILES string of the molecule is CCCCNCCc1nc(-c2ccc(NC(C)=O)cc2)cs1. The van der Waals surface area contributed by atoms with Crippen LogP contribution in [-0.2, 0) is 11.2 Å². The lowest BCUT2D eigenvalue weighted by Crippen LogP contribution is -2.18. The third-order valence-corrected chi connectivity index (χ3v) is 4.18. The molecule has 0 bridgehead atoms. The molecule has 118 valence electrons. The van der Waals surface area contributed by atoms with Crippen LogP contribution in [0, 0.1) is 0 Å². The van der Waals surface area contributed by atoms with E-state index in [1.165, 1.54) is 19.8 Å². The van der Waals surface area contributed by atoms with Crippen molar-refractivity contribution < 1.29 is 4.79 Å². The van der Waals surface area contributed by atoms with Gasteiger partial charge in [-0.05, 0) is 25.1 Å². The lowest BCUT2D eigenvalue weighted by atomic mass is 10.1. The number of unbranched alkanes of at least 4 members (excludes halogenated alkanes) is 1. The van der Waals surface area contributed by atoms with Gasteiger partial charge in [-0.25, -0.2) is 4.98 Å². The number of thiazole rings is 1. The number of aromatic nitrogens is 1. The van der Waals surface area contributed by atoms with Gasteiger partial charge in [0.15, 0.2) is 0 Å². The van der Waals surface area contributed by atoms with E-state index in [9.17, 15) is 4.79 Å². The van der Waals surface area contributed by atoms with Crippen LogP contribution in [0.25, 0.3) is 11.3 Å². The second-order valence-corrected chi connectivity index (χ2v) is 6.18. The molecule has 0 spiro atoms. The van der Waals surface area contributed by atoms with Crippen molar-refractivity contribution in [1.29, 1.82) is 0 Å². The second kappa shape index (κ2) is 8.66. The number of anilines is 1. The van der Waals surface area contributed by atoms with Crippen LogP contribution in [0.3, 0.4) is 0 Å². The molecule has 2 N–H and O–H groups in total. The second-order valence-electron chi connectivity index (χ2n) is 5.24. The number of benzene rings is 1. The summed E-state index contributed by atoms with van der Waals surface area (Å²) in [6, 6.07) is 7.79. The number of carbonyl (C=O) groups excluding carboxylic acids is 1.